The molecule has 0 spiro atoms. The molecule has 0 atom stereocenters. The van der Waals surface area contributed by atoms with E-state index in [4.69, 9.17) is 4.98 Å². The second-order valence-electron chi connectivity index (χ2n) is 9.49. The third-order valence-electron chi connectivity index (χ3n) is 6.95. The van der Waals surface area contributed by atoms with Crippen LogP contribution in [0.5, 0.6) is 0 Å². The highest BCUT2D eigenvalue weighted by Crippen LogP contribution is 2.24. The number of fused-ring (bicyclic) bond motifs is 1. The van der Waals surface area contributed by atoms with Crippen LogP contribution in [-0.4, -0.2) is 66.2 Å². The molecule has 0 unspecified atom stereocenters. The Kier molecular flexibility index (Phi) is 6.95. The van der Waals surface area contributed by atoms with Crippen LogP contribution in [0.15, 0.2) is 79.4 Å². The number of hydrogen-bond donors (Lipinski definition) is 2. The van der Waals surface area contributed by atoms with Crippen LogP contribution in [0.4, 0.5) is 16.3 Å². The Morgan fingerprint density at radius 1 is 0.868 bits per heavy atom. The summed E-state index contributed by atoms with van der Waals surface area (Å²) in [5.41, 5.74) is 3.07. The molecule has 0 bridgehead atoms. The molecule has 9 nitrogen and oxygen atoms in total. The maximum absolute atomic E-state index is 13.4. The van der Waals surface area contributed by atoms with E-state index in [0.29, 0.717) is 18.5 Å². The minimum Gasteiger partial charge on any atom is -0.354 e. The molecule has 194 valence electrons. The van der Waals surface area contributed by atoms with Crippen molar-refractivity contribution in [3.8, 4) is 5.95 Å². The van der Waals surface area contributed by atoms with Crippen molar-refractivity contribution in [1.82, 2.24) is 34.0 Å². The van der Waals surface area contributed by atoms with Crippen LogP contribution in [0.3, 0.4) is 0 Å². The van der Waals surface area contributed by atoms with Crippen molar-refractivity contribution in [2.75, 3.05) is 36.8 Å². The fourth-order valence-electron chi connectivity index (χ4n) is 4.94. The predicted octanol–water partition coefficient (Wildman–Crippen LogP) is 4.19. The maximum Gasteiger partial charge on any atom is 0.236 e. The van der Waals surface area contributed by atoms with Gasteiger partial charge in [-0.3, -0.25) is 4.57 Å². The van der Waals surface area contributed by atoms with E-state index in [-0.39, 0.29) is 5.82 Å². The molecular weight excluding hydrogens is 481 g/mol. The second-order valence-corrected chi connectivity index (χ2v) is 9.49. The van der Waals surface area contributed by atoms with Crippen molar-refractivity contribution >= 4 is 22.9 Å². The molecule has 3 aromatic heterocycles. The molecule has 1 saturated heterocycles. The van der Waals surface area contributed by atoms with E-state index in [1.54, 1.807) is 24.7 Å². The number of rotatable bonds is 9. The molecule has 1 fully saturated rings. The van der Waals surface area contributed by atoms with Crippen LogP contribution in [0.1, 0.15) is 18.4 Å². The monoisotopic (exact) mass is 511 g/mol. The molecule has 2 N–H and O–H groups in total. The highest BCUT2D eigenvalue weighted by Gasteiger charge is 2.21. The molecule has 4 heterocycles. The standard InChI is InChI=1S/C28H30FN9/c29-22-8-6-21(7-9-22)20-38-25-5-2-1-4-24(25)35-28(38)34-23-10-16-36(17-11-23)18-14-32-27-33-15-19-37(27)26-30-12-3-13-31-26/h1-9,12-13,15,19,23H,10-11,14,16-18,20H2,(H,32,33)(H,34,35). The van der Waals surface area contributed by atoms with Crippen molar-refractivity contribution < 1.29 is 4.39 Å². The Morgan fingerprint density at radius 2 is 1.66 bits per heavy atom. The first kappa shape index (κ1) is 24.1. The predicted molar refractivity (Wildman–Crippen MR) is 146 cm³/mol. The molecule has 0 radical (unpaired) electrons. The fraction of sp³-hybridized carbons (Fsp3) is 0.286. The summed E-state index contributed by atoms with van der Waals surface area (Å²) in [5, 5.41) is 7.12. The number of likely N-dealkylation sites (tertiary alicyclic amines) is 1. The van der Waals surface area contributed by atoms with Crippen LogP contribution in [0.2, 0.25) is 0 Å². The van der Waals surface area contributed by atoms with E-state index >= 15 is 0 Å². The lowest BCUT2D eigenvalue weighted by Gasteiger charge is -2.32. The van der Waals surface area contributed by atoms with Crippen molar-refractivity contribution in [2.45, 2.75) is 25.4 Å². The average molecular weight is 512 g/mol. The number of para-hydroxylation sites is 2. The lowest BCUT2D eigenvalue weighted by Crippen LogP contribution is -2.41. The Labute approximate surface area is 220 Å². The molecule has 5 aromatic rings. The molecule has 2 aromatic carbocycles. The highest BCUT2D eigenvalue weighted by molar-refractivity contribution is 5.78. The first-order valence-electron chi connectivity index (χ1n) is 13.0. The van der Waals surface area contributed by atoms with E-state index in [9.17, 15) is 4.39 Å². The Bertz CT molecular complexity index is 1470. The van der Waals surface area contributed by atoms with Crippen LogP contribution in [0.25, 0.3) is 17.0 Å². The van der Waals surface area contributed by atoms with Crippen molar-refractivity contribution in [3.05, 3.63) is 90.8 Å². The smallest absolute Gasteiger partial charge is 0.236 e. The number of anilines is 2. The van der Waals surface area contributed by atoms with Gasteiger partial charge < -0.3 is 20.1 Å². The Balaban J connectivity index is 1.05. The minimum atomic E-state index is -0.222. The van der Waals surface area contributed by atoms with Gasteiger partial charge in [0.1, 0.15) is 5.82 Å². The normalized spacial score (nSPS) is 14.7. The maximum atomic E-state index is 13.4. The molecule has 0 saturated carbocycles. The summed E-state index contributed by atoms with van der Waals surface area (Å²) in [6.45, 7) is 4.37. The highest BCUT2D eigenvalue weighted by atomic mass is 19.1. The van der Waals surface area contributed by atoms with Gasteiger partial charge in [0.05, 0.1) is 17.6 Å². The zero-order valence-corrected chi connectivity index (χ0v) is 21.0. The average Bonchev–Trinajstić information content (AvgIpc) is 3.56. The van der Waals surface area contributed by atoms with Gasteiger partial charge in [0, 0.05) is 57.0 Å². The van der Waals surface area contributed by atoms with E-state index < -0.39 is 0 Å². The first-order valence-corrected chi connectivity index (χ1v) is 13.0. The van der Waals surface area contributed by atoms with Gasteiger partial charge in [-0.2, -0.15) is 0 Å². The van der Waals surface area contributed by atoms with Gasteiger partial charge >= 0.3 is 0 Å². The van der Waals surface area contributed by atoms with Crippen LogP contribution in [-0.2, 0) is 6.54 Å². The van der Waals surface area contributed by atoms with Crippen LogP contribution >= 0.6 is 0 Å². The summed E-state index contributed by atoms with van der Waals surface area (Å²) in [6, 6.07) is 17.0. The number of aromatic nitrogens is 6. The van der Waals surface area contributed by atoms with Crippen molar-refractivity contribution in [3.63, 3.8) is 0 Å². The Morgan fingerprint density at radius 3 is 2.47 bits per heavy atom. The fourth-order valence-corrected chi connectivity index (χ4v) is 4.94. The summed E-state index contributed by atoms with van der Waals surface area (Å²) >= 11 is 0. The summed E-state index contributed by atoms with van der Waals surface area (Å²) in [5.74, 6) is 1.99. The largest absolute Gasteiger partial charge is 0.354 e. The molecule has 1 aliphatic heterocycles. The van der Waals surface area contributed by atoms with Gasteiger partial charge in [-0.05, 0) is 48.7 Å². The van der Waals surface area contributed by atoms with Gasteiger partial charge in [-0.1, -0.05) is 24.3 Å². The van der Waals surface area contributed by atoms with Gasteiger partial charge in [0.15, 0.2) is 0 Å². The van der Waals surface area contributed by atoms with Crippen molar-refractivity contribution in [2.24, 2.45) is 0 Å². The van der Waals surface area contributed by atoms with Gasteiger partial charge in [-0.25, -0.2) is 24.3 Å². The van der Waals surface area contributed by atoms with Crippen LogP contribution < -0.4 is 10.6 Å². The SMILES string of the molecule is Fc1ccc(Cn2c(NC3CCN(CCNc4nccn4-c4ncccn4)CC3)nc3ccccc32)cc1. The summed E-state index contributed by atoms with van der Waals surface area (Å²) in [6.07, 6.45) is 9.13. The van der Waals surface area contributed by atoms with Crippen molar-refractivity contribution in [1.29, 1.82) is 0 Å². The summed E-state index contributed by atoms with van der Waals surface area (Å²) in [4.78, 5) is 20.4. The minimum absolute atomic E-state index is 0.222. The number of benzene rings is 2. The van der Waals surface area contributed by atoms with E-state index in [2.05, 4.69) is 41.1 Å². The lowest BCUT2D eigenvalue weighted by atomic mass is 10.1. The second kappa shape index (κ2) is 11.0. The van der Waals surface area contributed by atoms with E-state index in [1.807, 2.05) is 41.1 Å². The molecule has 38 heavy (non-hydrogen) atoms. The van der Waals surface area contributed by atoms with Crippen LogP contribution in [0, 0.1) is 5.82 Å². The van der Waals surface area contributed by atoms with E-state index in [1.165, 1.54) is 12.1 Å². The molecule has 0 amide bonds. The summed E-state index contributed by atoms with van der Waals surface area (Å²) in [7, 11) is 0. The third kappa shape index (κ3) is 5.35. The lowest BCUT2D eigenvalue weighted by molar-refractivity contribution is 0.226. The number of hydrogen-bond acceptors (Lipinski definition) is 7. The Hall–Kier alpha value is -4.31. The first-order chi connectivity index (χ1) is 18.7. The zero-order chi connectivity index (χ0) is 25.7. The van der Waals surface area contributed by atoms with Gasteiger partial charge in [0.2, 0.25) is 17.8 Å². The number of piperidine rings is 1. The molecule has 10 heteroatoms. The molecule has 6 rings (SSSR count). The number of nitrogens with one attached hydrogen (secondary N) is 2. The zero-order valence-electron chi connectivity index (χ0n) is 21.0. The molecular formula is C28H30FN9. The van der Waals surface area contributed by atoms with E-state index in [0.717, 1.165) is 67.5 Å². The number of halogens is 1. The van der Waals surface area contributed by atoms with Gasteiger partial charge in [-0.15, -0.1) is 0 Å². The quantitative estimate of drug-likeness (QED) is 0.307. The number of nitrogens with zero attached hydrogens (tertiary/aromatic N) is 7. The number of imidazole rings is 2. The molecule has 0 aliphatic carbocycles. The molecule has 1 aliphatic rings. The van der Waals surface area contributed by atoms with Gasteiger partial charge in [0.25, 0.3) is 0 Å². The third-order valence-corrected chi connectivity index (χ3v) is 6.95. The topological polar surface area (TPSA) is 88.7 Å². The summed E-state index contributed by atoms with van der Waals surface area (Å²) < 4.78 is 17.5.